The molecule has 0 unspecified atom stereocenters. The van der Waals surface area contributed by atoms with Gasteiger partial charge in [-0.1, -0.05) is 12.1 Å². The van der Waals surface area contributed by atoms with Gasteiger partial charge in [0.2, 0.25) is 0 Å². The van der Waals surface area contributed by atoms with Crippen molar-refractivity contribution >= 4 is 12.0 Å². The zero-order chi connectivity index (χ0) is 22.9. The van der Waals surface area contributed by atoms with E-state index in [0.717, 1.165) is 18.2 Å². The summed E-state index contributed by atoms with van der Waals surface area (Å²) in [6, 6.07) is 10.4. The van der Waals surface area contributed by atoms with Gasteiger partial charge in [-0.25, -0.2) is 4.79 Å². The molecular weight excluding hydrogens is 423 g/mol. The summed E-state index contributed by atoms with van der Waals surface area (Å²) in [5, 5.41) is 8.58. The number of benzene rings is 2. The Morgan fingerprint density at radius 1 is 0.871 bits per heavy atom. The molecule has 0 aliphatic rings. The van der Waals surface area contributed by atoms with Gasteiger partial charge in [0.15, 0.2) is 0 Å². The van der Waals surface area contributed by atoms with E-state index in [1.807, 2.05) is 0 Å². The summed E-state index contributed by atoms with van der Waals surface area (Å²) in [6.07, 6.45) is -5.56. The molecule has 0 radical (unpaired) electrons. The fourth-order valence-electron chi connectivity index (χ4n) is 2.56. The highest BCUT2D eigenvalue weighted by Gasteiger charge is 2.34. The van der Waals surface area contributed by atoms with Gasteiger partial charge in [-0.2, -0.15) is 22.0 Å². The number of alkyl halides is 5. The maximum Gasteiger partial charge on any atom is 0.426 e. The monoisotopic (exact) mass is 444 g/mol. The maximum atomic E-state index is 14.3. The number of rotatable bonds is 11. The van der Waals surface area contributed by atoms with E-state index < -0.39 is 30.2 Å². The predicted octanol–water partition coefficient (Wildman–Crippen LogP) is 6.41. The van der Waals surface area contributed by atoms with Gasteiger partial charge in [0.05, 0.1) is 12.2 Å². The Labute approximate surface area is 175 Å². The van der Waals surface area contributed by atoms with Gasteiger partial charge < -0.3 is 14.6 Å². The van der Waals surface area contributed by atoms with Crippen LogP contribution in [0.3, 0.4) is 0 Å². The number of carboxylic acid groups (broad SMARTS) is 1. The zero-order valence-electron chi connectivity index (χ0n) is 16.4. The molecule has 31 heavy (non-hydrogen) atoms. The number of aliphatic carboxylic acids is 1. The number of halogens is 5. The van der Waals surface area contributed by atoms with Gasteiger partial charge in [-0.05, 0) is 67.3 Å². The van der Waals surface area contributed by atoms with Crippen LogP contribution in [0.15, 0.2) is 54.6 Å². The van der Waals surface area contributed by atoms with Crippen LogP contribution in [0.2, 0.25) is 0 Å². The lowest BCUT2D eigenvalue weighted by Crippen LogP contribution is -2.21. The van der Waals surface area contributed by atoms with Crippen LogP contribution in [0.4, 0.5) is 22.0 Å². The molecule has 0 atom stereocenters. The molecule has 1 N–H and O–H groups in total. The lowest BCUT2D eigenvalue weighted by atomic mass is 10.1. The summed E-state index contributed by atoms with van der Waals surface area (Å²) in [5.74, 6) is -0.856. The van der Waals surface area contributed by atoms with Crippen LogP contribution in [0.5, 0.6) is 11.5 Å². The average Bonchev–Trinajstić information content (AvgIpc) is 2.69. The van der Waals surface area contributed by atoms with Crippen LogP contribution in [0, 0.1) is 0 Å². The van der Waals surface area contributed by atoms with Crippen molar-refractivity contribution in [2.45, 2.75) is 38.0 Å². The Balaban J connectivity index is 1.83. The Morgan fingerprint density at radius 2 is 1.48 bits per heavy atom. The van der Waals surface area contributed by atoms with Crippen molar-refractivity contribution in [3.63, 3.8) is 0 Å². The summed E-state index contributed by atoms with van der Waals surface area (Å²) < 4.78 is 75.0. The zero-order valence-corrected chi connectivity index (χ0v) is 16.4. The van der Waals surface area contributed by atoms with Gasteiger partial charge >= 0.3 is 18.3 Å². The standard InChI is InChI=1S/C22H21F5O4/c23-21(24,25)14-2-1-3-15-30-18-9-11-19(12-10-18)31-22(26,27)17-7-4-16(5-8-17)6-13-20(28)29/h4-13H,1-3,14-15H2,(H,28,29)/b13-6+. The predicted molar refractivity (Wildman–Crippen MR) is 104 cm³/mol. The van der Waals surface area contributed by atoms with Crippen LogP contribution >= 0.6 is 0 Å². The maximum absolute atomic E-state index is 14.3. The molecule has 0 spiro atoms. The highest BCUT2D eigenvalue weighted by atomic mass is 19.4. The largest absolute Gasteiger partial charge is 0.494 e. The highest BCUT2D eigenvalue weighted by Crippen LogP contribution is 2.32. The molecule has 0 aliphatic carbocycles. The lowest BCUT2D eigenvalue weighted by Gasteiger charge is -2.18. The van der Waals surface area contributed by atoms with Crippen molar-refractivity contribution in [1.29, 1.82) is 0 Å². The first kappa shape index (κ1) is 24.2. The third-order valence-electron chi connectivity index (χ3n) is 4.11. The number of carboxylic acids is 1. The van der Waals surface area contributed by atoms with Crippen molar-refractivity contribution in [1.82, 2.24) is 0 Å². The van der Waals surface area contributed by atoms with Crippen molar-refractivity contribution in [3.05, 3.63) is 65.7 Å². The Kier molecular flexibility index (Phi) is 8.41. The van der Waals surface area contributed by atoms with Crippen LogP contribution in [-0.4, -0.2) is 23.9 Å². The highest BCUT2D eigenvalue weighted by molar-refractivity contribution is 5.85. The number of hydrogen-bond donors (Lipinski definition) is 1. The summed E-state index contributed by atoms with van der Waals surface area (Å²) in [6.45, 7) is 0.219. The van der Waals surface area contributed by atoms with E-state index in [9.17, 15) is 26.7 Å². The fraction of sp³-hybridized carbons (Fsp3) is 0.318. The molecule has 0 saturated carbocycles. The molecule has 0 amide bonds. The van der Waals surface area contributed by atoms with E-state index in [4.69, 9.17) is 14.6 Å². The van der Waals surface area contributed by atoms with Crippen LogP contribution in [0.25, 0.3) is 6.08 Å². The van der Waals surface area contributed by atoms with Gasteiger partial charge in [-0.15, -0.1) is 0 Å². The van der Waals surface area contributed by atoms with E-state index >= 15 is 0 Å². The molecule has 0 aromatic heterocycles. The number of ether oxygens (including phenoxy) is 2. The molecule has 4 nitrogen and oxygen atoms in total. The molecule has 0 aliphatic heterocycles. The van der Waals surface area contributed by atoms with Crippen molar-refractivity contribution in [3.8, 4) is 11.5 Å². The summed E-state index contributed by atoms with van der Waals surface area (Å²) >= 11 is 0. The molecule has 168 valence electrons. The Hall–Kier alpha value is -3.10. The van der Waals surface area contributed by atoms with Gasteiger partial charge in [0, 0.05) is 12.5 Å². The van der Waals surface area contributed by atoms with Gasteiger partial charge in [-0.3, -0.25) is 0 Å². The van der Waals surface area contributed by atoms with Gasteiger partial charge in [0.1, 0.15) is 11.5 Å². The van der Waals surface area contributed by atoms with Crippen LogP contribution in [-0.2, 0) is 10.9 Å². The molecule has 2 aromatic carbocycles. The van der Waals surface area contributed by atoms with E-state index in [2.05, 4.69) is 0 Å². The molecule has 2 rings (SSSR count). The quantitative estimate of drug-likeness (QED) is 0.247. The average molecular weight is 444 g/mol. The molecular formula is C22H21F5O4. The summed E-state index contributed by atoms with van der Waals surface area (Å²) in [5.41, 5.74) is 0.0426. The van der Waals surface area contributed by atoms with Crippen molar-refractivity contribution in [2.24, 2.45) is 0 Å². The molecule has 0 saturated heterocycles. The third-order valence-corrected chi connectivity index (χ3v) is 4.11. The number of unbranched alkanes of at least 4 members (excludes halogenated alkanes) is 2. The first-order chi connectivity index (χ1) is 14.5. The summed E-state index contributed by atoms with van der Waals surface area (Å²) in [4.78, 5) is 10.5. The summed E-state index contributed by atoms with van der Waals surface area (Å²) in [7, 11) is 0. The van der Waals surface area contributed by atoms with E-state index in [1.54, 1.807) is 0 Å². The minimum atomic E-state index is -4.15. The van der Waals surface area contributed by atoms with E-state index in [-0.39, 0.29) is 18.8 Å². The molecule has 0 heterocycles. The second-order valence-corrected chi connectivity index (χ2v) is 6.66. The molecule has 0 bridgehead atoms. The van der Waals surface area contributed by atoms with Crippen molar-refractivity contribution < 1.29 is 41.3 Å². The van der Waals surface area contributed by atoms with Crippen molar-refractivity contribution in [2.75, 3.05) is 6.61 Å². The topological polar surface area (TPSA) is 55.8 Å². The first-order valence-electron chi connectivity index (χ1n) is 9.43. The number of hydrogen-bond acceptors (Lipinski definition) is 3. The minimum Gasteiger partial charge on any atom is -0.494 e. The minimum absolute atomic E-state index is 0.0333. The van der Waals surface area contributed by atoms with Crippen LogP contribution < -0.4 is 9.47 Å². The normalized spacial score (nSPS) is 12.2. The first-order valence-corrected chi connectivity index (χ1v) is 9.43. The van der Waals surface area contributed by atoms with Crippen LogP contribution in [0.1, 0.15) is 36.8 Å². The lowest BCUT2D eigenvalue weighted by molar-refractivity contribution is -0.185. The third kappa shape index (κ3) is 9.06. The SMILES string of the molecule is O=C(O)/C=C/c1ccc(C(F)(F)Oc2ccc(OCCCCCC(F)(F)F)cc2)cc1. The molecule has 9 heteroatoms. The second-order valence-electron chi connectivity index (χ2n) is 6.66. The van der Waals surface area contributed by atoms with E-state index in [1.165, 1.54) is 42.5 Å². The molecule has 0 fully saturated rings. The Bertz CT molecular complexity index is 859. The smallest absolute Gasteiger partial charge is 0.426 e. The Morgan fingerprint density at radius 3 is 2.06 bits per heavy atom. The fourth-order valence-corrected chi connectivity index (χ4v) is 2.56. The number of carbonyl (C=O) groups is 1. The van der Waals surface area contributed by atoms with Gasteiger partial charge in [0.25, 0.3) is 0 Å². The second kappa shape index (κ2) is 10.8. The molecule has 2 aromatic rings. The van der Waals surface area contributed by atoms with E-state index in [0.29, 0.717) is 24.2 Å².